The van der Waals surface area contributed by atoms with Crippen LogP contribution in [-0.4, -0.2) is 50.4 Å². The van der Waals surface area contributed by atoms with Crippen molar-refractivity contribution in [3.63, 3.8) is 0 Å². The number of halogens is 1. The molecule has 0 aliphatic carbocycles. The number of carbonyl (C=O) groups is 2. The molecule has 0 saturated carbocycles. The fraction of sp³-hybridized carbons (Fsp3) is 0.833. The zero-order chi connectivity index (χ0) is 12.7. The lowest BCUT2D eigenvalue weighted by atomic mass is 9.93. The first-order chi connectivity index (χ1) is 8.09. The minimum Gasteiger partial charge on any atom is -0.347 e. The molecule has 1 saturated heterocycles. The third-order valence-corrected chi connectivity index (χ3v) is 3.17. The molecule has 18 heavy (non-hydrogen) atoms. The van der Waals surface area contributed by atoms with E-state index in [0.717, 1.165) is 32.4 Å². The molecule has 106 valence electrons. The first-order valence-corrected chi connectivity index (χ1v) is 6.27. The highest BCUT2D eigenvalue weighted by Gasteiger charge is 2.14. The van der Waals surface area contributed by atoms with E-state index in [1.54, 1.807) is 14.1 Å². The number of hydrogen-bond donors (Lipinski definition) is 2. The van der Waals surface area contributed by atoms with E-state index in [9.17, 15) is 9.59 Å². The van der Waals surface area contributed by atoms with Crippen LogP contribution in [-0.2, 0) is 9.59 Å². The summed E-state index contributed by atoms with van der Waals surface area (Å²) >= 11 is 0. The van der Waals surface area contributed by atoms with Crippen molar-refractivity contribution < 1.29 is 9.59 Å². The van der Waals surface area contributed by atoms with Crippen LogP contribution in [0.4, 0.5) is 0 Å². The maximum absolute atomic E-state index is 11.5. The Morgan fingerprint density at radius 1 is 1.28 bits per heavy atom. The van der Waals surface area contributed by atoms with Crippen LogP contribution in [0, 0.1) is 5.92 Å². The van der Waals surface area contributed by atoms with Crippen molar-refractivity contribution in [1.29, 1.82) is 0 Å². The summed E-state index contributed by atoms with van der Waals surface area (Å²) in [5.74, 6) is 0.575. The molecule has 0 aromatic rings. The fourth-order valence-electron chi connectivity index (χ4n) is 1.93. The molecule has 5 nitrogen and oxygen atoms in total. The van der Waals surface area contributed by atoms with E-state index in [4.69, 9.17) is 0 Å². The Morgan fingerprint density at radius 2 is 1.89 bits per heavy atom. The van der Waals surface area contributed by atoms with Crippen LogP contribution in [0.3, 0.4) is 0 Å². The van der Waals surface area contributed by atoms with Gasteiger partial charge in [0.2, 0.25) is 11.8 Å². The molecule has 1 aliphatic heterocycles. The summed E-state index contributed by atoms with van der Waals surface area (Å²) in [5, 5.41) is 5.96. The predicted octanol–water partition coefficient (Wildman–Crippen LogP) is 0.392. The lowest BCUT2D eigenvalue weighted by Gasteiger charge is -2.22. The van der Waals surface area contributed by atoms with Crippen LogP contribution < -0.4 is 10.6 Å². The van der Waals surface area contributed by atoms with E-state index in [1.165, 1.54) is 4.90 Å². The molecule has 2 N–H and O–H groups in total. The molecular formula is C12H24ClN3O2. The third kappa shape index (κ3) is 6.81. The molecule has 0 spiro atoms. The van der Waals surface area contributed by atoms with Crippen molar-refractivity contribution in [3.8, 4) is 0 Å². The molecule has 0 aromatic heterocycles. The van der Waals surface area contributed by atoms with E-state index in [1.807, 2.05) is 0 Å². The molecule has 6 heteroatoms. The SMILES string of the molecule is CN(C)C(=O)CNC(=O)CCC1CCNCC1.Cl. The topological polar surface area (TPSA) is 61.4 Å². The van der Waals surface area contributed by atoms with Crippen molar-refractivity contribution in [2.24, 2.45) is 5.92 Å². The molecule has 1 aliphatic rings. The van der Waals surface area contributed by atoms with Gasteiger partial charge in [-0.1, -0.05) is 0 Å². The van der Waals surface area contributed by atoms with Crippen LogP contribution in [0.25, 0.3) is 0 Å². The van der Waals surface area contributed by atoms with Gasteiger partial charge in [-0.05, 0) is 38.3 Å². The molecule has 1 heterocycles. The fourth-order valence-corrected chi connectivity index (χ4v) is 1.93. The van der Waals surface area contributed by atoms with Crippen LogP contribution in [0.1, 0.15) is 25.7 Å². The number of piperidine rings is 1. The van der Waals surface area contributed by atoms with Gasteiger partial charge in [-0.2, -0.15) is 0 Å². The van der Waals surface area contributed by atoms with Crippen molar-refractivity contribution in [2.45, 2.75) is 25.7 Å². The van der Waals surface area contributed by atoms with Gasteiger partial charge in [0.25, 0.3) is 0 Å². The van der Waals surface area contributed by atoms with E-state index in [-0.39, 0.29) is 30.8 Å². The second-order valence-electron chi connectivity index (χ2n) is 4.80. The largest absolute Gasteiger partial charge is 0.347 e. The summed E-state index contributed by atoms with van der Waals surface area (Å²) in [7, 11) is 3.37. The number of rotatable bonds is 5. The number of likely N-dealkylation sites (N-methyl/N-ethyl adjacent to an activating group) is 1. The molecule has 1 fully saturated rings. The predicted molar refractivity (Wildman–Crippen MR) is 73.8 cm³/mol. The summed E-state index contributed by atoms with van der Waals surface area (Å²) in [6.45, 7) is 2.23. The molecule has 1 rings (SSSR count). The summed E-state index contributed by atoms with van der Waals surface area (Å²) in [5.41, 5.74) is 0. The zero-order valence-electron chi connectivity index (χ0n) is 11.2. The quantitative estimate of drug-likeness (QED) is 0.764. The summed E-state index contributed by atoms with van der Waals surface area (Å²) in [6.07, 6.45) is 3.78. The molecule has 0 atom stereocenters. The highest BCUT2D eigenvalue weighted by Crippen LogP contribution is 2.17. The highest BCUT2D eigenvalue weighted by molar-refractivity contribution is 5.85. The van der Waals surface area contributed by atoms with Crippen LogP contribution >= 0.6 is 12.4 Å². The van der Waals surface area contributed by atoms with E-state index < -0.39 is 0 Å². The number of amides is 2. The van der Waals surface area contributed by atoms with Gasteiger partial charge in [-0.15, -0.1) is 12.4 Å². The Balaban J connectivity index is 0.00000289. The first kappa shape index (κ1) is 17.2. The summed E-state index contributed by atoms with van der Waals surface area (Å²) in [4.78, 5) is 24.3. The van der Waals surface area contributed by atoms with Crippen molar-refractivity contribution in [2.75, 3.05) is 33.7 Å². The summed E-state index contributed by atoms with van der Waals surface area (Å²) in [6, 6.07) is 0. The minimum atomic E-state index is -0.0692. The second kappa shape index (κ2) is 9.16. The second-order valence-corrected chi connectivity index (χ2v) is 4.80. The molecule has 0 unspecified atom stereocenters. The summed E-state index contributed by atoms with van der Waals surface area (Å²) < 4.78 is 0. The standard InChI is InChI=1S/C12H23N3O2.ClH/c1-15(2)12(17)9-14-11(16)4-3-10-5-7-13-8-6-10;/h10,13H,3-9H2,1-2H3,(H,14,16);1H. The third-order valence-electron chi connectivity index (χ3n) is 3.17. The monoisotopic (exact) mass is 277 g/mol. The first-order valence-electron chi connectivity index (χ1n) is 6.27. The van der Waals surface area contributed by atoms with Gasteiger partial charge in [0.05, 0.1) is 6.54 Å². The zero-order valence-corrected chi connectivity index (χ0v) is 12.0. The van der Waals surface area contributed by atoms with Crippen LogP contribution in [0.2, 0.25) is 0 Å². The molecule has 0 aromatic carbocycles. The number of hydrogen-bond acceptors (Lipinski definition) is 3. The normalized spacial score (nSPS) is 15.7. The van der Waals surface area contributed by atoms with Gasteiger partial charge in [0.1, 0.15) is 0 Å². The average molecular weight is 278 g/mol. The lowest BCUT2D eigenvalue weighted by Crippen LogP contribution is -2.36. The van der Waals surface area contributed by atoms with Gasteiger partial charge in [0.15, 0.2) is 0 Å². The van der Waals surface area contributed by atoms with Crippen molar-refractivity contribution >= 4 is 24.2 Å². The molecule has 0 bridgehead atoms. The average Bonchev–Trinajstić information content (AvgIpc) is 2.34. The Kier molecular flexibility index (Phi) is 8.75. The number of nitrogens with one attached hydrogen (secondary N) is 2. The Bertz CT molecular complexity index is 266. The Morgan fingerprint density at radius 3 is 2.44 bits per heavy atom. The van der Waals surface area contributed by atoms with Crippen LogP contribution in [0.15, 0.2) is 0 Å². The lowest BCUT2D eigenvalue weighted by molar-refractivity contribution is -0.131. The molecule has 2 amide bonds. The molecular weight excluding hydrogens is 254 g/mol. The van der Waals surface area contributed by atoms with E-state index in [2.05, 4.69) is 10.6 Å². The van der Waals surface area contributed by atoms with Gasteiger partial charge in [-0.25, -0.2) is 0 Å². The highest BCUT2D eigenvalue weighted by atomic mass is 35.5. The maximum atomic E-state index is 11.5. The van der Waals surface area contributed by atoms with Crippen LogP contribution in [0.5, 0.6) is 0 Å². The van der Waals surface area contributed by atoms with Crippen molar-refractivity contribution in [1.82, 2.24) is 15.5 Å². The van der Waals surface area contributed by atoms with Gasteiger partial charge in [-0.3, -0.25) is 9.59 Å². The molecule has 0 radical (unpaired) electrons. The Labute approximate surface area is 115 Å². The van der Waals surface area contributed by atoms with E-state index in [0.29, 0.717) is 12.3 Å². The van der Waals surface area contributed by atoms with Crippen molar-refractivity contribution in [3.05, 3.63) is 0 Å². The van der Waals surface area contributed by atoms with Gasteiger partial charge < -0.3 is 15.5 Å². The smallest absolute Gasteiger partial charge is 0.241 e. The van der Waals surface area contributed by atoms with Gasteiger partial charge >= 0.3 is 0 Å². The minimum absolute atomic E-state index is 0. The number of nitrogens with zero attached hydrogens (tertiary/aromatic N) is 1. The number of carbonyl (C=O) groups excluding carboxylic acids is 2. The van der Waals surface area contributed by atoms with Gasteiger partial charge in [0, 0.05) is 20.5 Å². The maximum Gasteiger partial charge on any atom is 0.241 e. The van der Waals surface area contributed by atoms with E-state index >= 15 is 0 Å². The Hall–Kier alpha value is -0.810.